The number of nitrogens with zero attached hydrogens (tertiary/aromatic N) is 1. The van der Waals surface area contributed by atoms with Crippen LogP contribution in [0.2, 0.25) is 0 Å². The zero-order chi connectivity index (χ0) is 10.7. The zero-order valence-corrected chi connectivity index (χ0v) is 10.9. The van der Waals surface area contributed by atoms with Crippen molar-refractivity contribution in [1.82, 2.24) is 9.97 Å². The number of hydrogen-bond acceptors (Lipinski definition) is 1. The SMILES string of the molecule is CC1(C(Br)Cc2ncc[nH]2)CCCCC1. The molecule has 0 aromatic carbocycles. The Morgan fingerprint density at radius 1 is 1.47 bits per heavy atom. The molecule has 1 aliphatic carbocycles. The van der Waals surface area contributed by atoms with Crippen LogP contribution >= 0.6 is 15.9 Å². The summed E-state index contributed by atoms with van der Waals surface area (Å²) in [7, 11) is 0. The van der Waals surface area contributed by atoms with Gasteiger partial charge in [0.1, 0.15) is 5.82 Å². The first kappa shape index (κ1) is 11.2. The van der Waals surface area contributed by atoms with Crippen LogP contribution in [0.4, 0.5) is 0 Å². The largest absolute Gasteiger partial charge is 0.349 e. The molecule has 1 aromatic heterocycles. The Balaban J connectivity index is 1.97. The van der Waals surface area contributed by atoms with Gasteiger partial charge < -0.3 is 4.98 Å². The topological polar surface area (TPSA) is 28.7 Å². The molecule has 0 spiro atoms. The lowest BCUT2D eigenvalue weighted by atomic mass is 9.72. The van der Waals surface area contributed by atoms with Gasteiger partial charge in [-0.25, -0.2) is 4.98 Å². The monoisotopic (exact) mass is 270 g/mol. The van der Waals surface area contributed by atoms with E-state index < -0.39 is 0 Å². The second-order valence-electron chi connectivity index (χ2n) is 4.92. The van der Waals surface area contributed by atoms with Crippen LogP contribution < -0.4 is 0 Å². The number of aromatic nitrogens is 2. The van der Waals surface area contributed by atoms with Crippen molar-refractivity contribution in [3.05, 3.63) is 18.2 Å². The number of halogens is 1. The van der Waals surface area contributed by atoms with Crippen LogP contribution in [-0.2, 0) is 6.42 Å². The maximum absolute atomic E-state index is 4.30. The zero-order valence-electron chi connectivity index (χ0n) is 9.30. The van der Waals surface area contributed by atoms with E-state index in [0.717, 1.165) is 12.2 Å². The van der Waals surface area contributed by atoms with Gasteiger partial charge in [-0.1, -0.05) is 42.1 Å². The van der Waals surface area contributed by atoms with Gasteiger partial charge in [0, 0.05) is 23.6 Å². The van der Waals surface area contributed by atoms with Crippen molar-refractivity contribution in [2.24, 2.45) is 5.41 Å². The van der Waals surface area contributed by atoms with E-state index in [1.807, 2.05) is 12.4 Å². The lowest BCUT2D eigenvalue weighted by molar-refractivity contribution is 0.210. The van der Waals surface area contributed by atoms with Crippen LogP contribution in [0.15, 0.2) is 12.4 Å². The van der Waals surface area contributed by atoms with Gasteiger partial charge >= 0.3 is 0 Å². The fourth-order valence-electron chi connectivity index (χ4n) is 2.50. The highest BCUT2D eigenvalue weighted by Gasteiger charge is 2.34. The van der Waals surface area contributed by atoms with Crippen LogP contribution in [0.1, 0.15) is 44.9 Å². The molecule has 1 aromatic rings. The smallest absolute Gasteiger partial charge is 0.107 e. The Hall–Kier alpha value is -0.310. The fraction of sp³-hybridized carbons (Fsp3) is 0.750. The molecular formula is C12H19BrN2. The highest BCUT2D eigenvalue weighted by molar-refractivity contribution is 9.09. The van der Waals surface area contributed by atoms with Gasteiger partial charge in [0.15, 0.2) is 0 Å². The number of nitrogens with one attached hydrogen (secondary N) is 1. The van der Waals surface area contributed by atoms with E-state index in [9.17, 15) is 0 Å². The minimum Gasteiger partial charge on any atom is -0.349 e. The highest BCUT2D eigenvalue weighted by Crippen LogP contribution is 2.42. The Morgan fingerprint density at radius 3 is 2.80 bits per heavy atom. The quantitative estimate of drug-likeness (QED) is 0.834. The van der Waals surface area contributed by atoms with Crippen molar-refractivity contribution in [3.8, 4) is 0 Å². The minimum absolute atomic E-state index is 0.463. The number of hydrogen-bond donors (Lipinski definition) is 1. The number of rotatable bonds is 3. The van der Waals surface area contributed by atoms with Crippen molar-refractivity contribution in [2.75, 3.05) is 0 Å². The highest BCUT2D eigenvalue weighted by atomic mass is 79.9. The summed E-state index contributed by atoms with van der Waals surface area (Å²) in [6.45, 7) is 2.41. The van der Waals surface area contributed by atoms with Crippen LogP contribution in [-0.4, -0.2) is 14.8 Å². The molecule has 1 aliphatic rings. The molecule has 0 bridgehead atoms. The third-order valence-electron chi connectivity index (χ3n) is 3.68. The van der Waals surface area contributed by atoms with Crippen LogP contribution in [0.25, 0.3) is 0 Å². The minimum atomic E-state index is 0.463. The van der Waals surface area contributed by atoms with Crippen molar-refractivity contribution in [3.63, 3.8) is 0 Å². The molecule has 3 heteroatoms. The molecule has 2 rings (SSSR count). The second-order valence-corrected chi connectivity index (χ2v) is 6.03. The lowest BCUT2D eigenvalue weighted by Gasteiger charge is -2.37. The average Bonchev–Trinajstić information content (AvgIpc) is 2.71. The molecule has 0 aliphatic heterocycles. The van der Waals surface area contributed by atoms with E-state index in [1.165, 1.54) is 32.1 Å². The fourth-order valence-corrected chi connectivity index (χ4v) is 3.26. The summed E-state index contributed by atoms with van der Waals surface area (Å²) < 4.78 is 0. The number of H-pyrrole nitrogens is 1. The maximum atomic E-state index is 4.30. The van der Waals surface area contributed by atoms with E-state index in [-0.39, 0.29) is 0 Å². The van der Waals surface area contributed by atoms with Crippen molar-refractivity contribution in [2.45, 2.75) is 50.3 Å². The summed E-state index contributed by atoms with van der Waals surface area (Å²) in [5.41, 5.74) is 0.463. The molecular weight excluding hydrogens is 252 g/mol. The van der Waals surface area contributed by atoms with Crippen LogP contribution in [0.5, 0.6) is 0 Å². The molecule has 1 heterocycles. The van der Waals surface area contributed by atoms with E-state index in [0.29, 0.717) is 10.2 Å². The molecule has 0 saturated heterocycles. The van der Waals surface area contributed by atoms with E-state index in [2.05, 4.69) is 32.8 Å². The predicted molar refractivity (Wildman–Crippen MR) is 66.2 cm³/mol. The van der Waals surface area contributed by atoms with Crippen LogP contribution in [0.3, 0.4) is 0 Å². The van der Waals surface area contributed by atoms with Gasteiger partial charge in [-0.2, -0.15) is 0 Å². The standard InChI is InChI=1S/C12H19BrN2/c1-12(5-3-2-4-6-12)10(13)9-11-14-7-8-15-11/h7-8,10H,2-6,9H2,1H3,(H,14,15). The average molecular weight is 271 g/mol. The second kappa shape index (κ2) is 4.69. The predicted octanol–water partition coefficient (Wildman–Crippen LogP) is 3.69. The Morgan fingerprint density at radius 2 is 2.20 bits per heavy atom. The molecule has 2 nitrogen and oxygen atoms in total. The van der Waals surface area contributed by atoms with Crippen LogP contribution in [0, 0.1) is 5.41 Å². The van der Waals surface area contributed by atoms with E-state index in [4.69, 9.17) is 0 Å². The van der Waals surface area contributed by atoms with Gasteiger partial charge in [-0.15, -0.1) is 0 Å². The molecule has 1 saturated carbocycles. The summed E-state index contributed by atoms with van der Waals surface area (Å²) in [5, 5.41) is 0. The number of imidazole rings is 1. The van der Waals surface area contributed by atoms with E-state index >= 15 is 0 Å². The Kier molecular flexibility index (Phi) is 3.49. The lowest BCUT2D eigenvalue weighted by Crippen LogP contribution is -2.32. The number of aromatic amines is 1. The molecule has 0 radical (unpaired) electrons. The third kappa shape index (κ3) is 2.63. The molecule has 15 heavy (non-hydrogen) atoms. The summed E-state index contributed by atoms with van der Waals surface area (Å²) >= 11 is 3.86. The first-order valence-electron chi connectivity index (χ1n) is 5.83. The maximum Gasteiger partial charge on any atom is 0.107 e. The first-order valence-corrected chi connectivity index (χ1v) is 6.75. The number of alkyl halides is 1. The molecule has 1 unspecified atom stereocenters. The van der Waals surface area contributed by atoms with Crippen molar-refractivity contribution in [1.29, 1.82) is 0 Å². The molecule has 84 valence electrons. The molecule has 1 N–H and O–H groups in total. The van der Waals surface area contributed by atoms with E-state index in [1.54, 1.807) is 0 Å². The third-order valence-corrected chi connectivity index (χ3v) is 5.11. The Labute approximate surface area is 100 Å². The molecule has 1 atom stereocenters. The molecule has 0 amide bonds. The van der Waals surface area contributed by atoms with Gasteiger partial charge in [-0.3, -0.25) is 0 Å². The van der Waals surface area contributed by atoms with Crippen molar-refractivity contribution >= 4 is 15.9 Å². The van der Waals surface area contributed by atoms with Gasteiger partial charge in [0.2, 0.25) is 0 Å². The van der Waals surface area contributed by atoms with Gasteiger partial charge in [-0.05, 0) is 18.3 Å². The summed E-state index contributed by atoms with van der Waals surface area (Å²) in [6.07, 6.45) is 11.6. The summed E-state index contributed by atoms with van der Waals surface area (Å²) in [4.78, 5) is 8.03. The molecule has 1 fully saturated rings. The summed E-state index contributed by atoms with van der Waals surface area (Å²) in [6, 6.07) is 0. The first-order chi connectivity index (χ1) is 7.21. The van der Waals surface area contributed by atoms with Gasteiger partial charge in [0.05, 0.1) is 0 Å². The van der Waals surface area contributed by atoms with Gasteiger partial charge in [0.25, 0.3) is 0 Å². The Bertz CT molecular complexity index is 289. The normalized spacial score (nSPS) is 22.5. The van der Waals surface area contributed by atoms with Crippen molar-refractivity contribution < 1.29 is 0 Å². The summed E-state index contributed by atoms with van der Waals surface area (Å²) in [5.74, 6) is 1.10.